The fourth-order valence-electron chi connectivity index (χ4n) is 4.28. The van der Waals surface area contributed by atoms with Gasteiger partial charge in [-0.3, -0.25) is 0 Å². The molecule has 4 aromatic rings. The van der Waals surface area contributed by atoms with E-state index in [9.17, 15) is 4.79 Å². The van der Waals surface area contributed by atoms with Gasteiger partial charge in [0.1, 0.15) is 5.01 Å². The smallest absolute Gasteiger partial charge is 0.335 e. The van der Waals surface area contributed by atoms with Gasteiger partial charge >= 0.3 is 5.97 Å². The minimum absolute atomic E-state index is 0.261. The number of anilines is 1. The summed E-state index contributed by atoms with van der Waals surface area (Å²) in [5.41, 5.74) is 4.28. The molecule has 0 unspecified atom stereocenters. The number of carboxylic acids is 1. The second kappa shape index (κ2) is 9.95. The summed E-state index contributed by atoms with van der Waals surface area (Å²) in [4.78, 5) is 18.9. The molecule has 8 heteroatoms. The lowest BCUT2D eigenvalue weighted by Gasteiger charge is -2.33. The fraction of sp³-hybridized carbons (Fsp3) is 0.346. The van der Waals surface area contributed by atoms with Crippen LogP contribution in [0.3, 0.4) is 0 Å². The number of hydrogen-bond acceptors (Lipinski definition) is 6. The van der Waals surface area contributed by atoms with Gasteiger partial charge in [0.05, 0.1) is 23.6 Å². The quantitative estimate of drug-likeness (QED) is 0.333. The number of ether oxygens (including phenoxy) is 1. The van der Waals surface area contributed by atoms with Gasteiger partial charge in [0.25, 0.3) is 0 Å². The van der Waals surface area contributed by atoms with Gasteiger partial charge in [0.2, 0.25) is 4.96 Å². The first-order valence-electron chi connectivity index (χ1n) is 11.8. The molecule has 1 fully saturated rings. The second-order valence-corrected chi connectivity index (χ2v) is 9.54. The van der Waals surface area contributed by atoms with Crippen LogP contribution in [0.2, 0.25) is 0 Å². The molecule has 1 aliphatic rings. The number of nitrogens with zero attached hydrogens (tertiary/aromatic N) is 4. The molecule has 1 aliphatic heterocycles. The van der Waals surface area contributed by atoms with E-state index in [0.717, 1.165) is 65.7 Å². The summed E-state index contributed by atoms with van der Waals surface area (Å²) < 4.78 is 7.82. The summed E-state index contributed by atoms with van der Waals surface area (Å²) in [7, 11) is 0. The number of carboxylic acid groups (broad SMARTS) is 1. The molecule has 34 heavy (non-hydrogen) atoms. The van der Waals surface area contributed by atoms with Crippen molar-refractivity contribution in [3.63, 3.8) is 0 Å². The fourth-order valence-corrected chi connectivity index (χ4v) is 5.16. The van der Waals surface area contributed by atoms with E-state index in [1.54, 1.807) is 41.8 Å². The number of aromatic carboxylic acids is 1. The SMILES string of the molecule is CCCCOC1CCN(c2ccc(-c3nn4c(-c5ccc(C(=O)O)cc5)cnc4s3)cc2)CC1. The third kappa shape index (κ3) is 4.69. The number of hydrogen-bond donors (Lipinski definition) is 1. The molecule has 1 N–H and O–H groups in total. The molecule has 5 rings (SSSR count). The van der Waals surface area contributed by atoms with Crippen molar-refractivity contribution in [2.24, 2.45) is 0 Å². The zero-order valence-corrected chi connectivity index (χ0v) is 20.0. The van der Waals surface area contributed by atoms with Crippen molar-refractivity contribution >= 4 is 28.0 Å². The van der Waals surface area contributed by atoms with E-state index in [0.29, 0.717) is 6.10 Å². The number of rotatable bonds is 8. The van der Waals surface area contributed by atoms with Gasteiger partial charge < -0.3 is 14.7 Å². The van der Waals surface area contributed by atoms with Crippen LogP contribution < -0.4 is 4.90 Å². The van der Waals surface area contributed by atoms with Gasteiger partial charge in [-0.2, -0.15) is 5.10 Å². The zero-order chi connectivity index (χ0) is 23.5. The van der Waals surface area contributed by atoms with Crippen LogP contribution in [0.25, 0.3) is 26.8 Å². The lowest BCUT2D eigenvalue weighted by Crippen LogP contribution is -2.37. The van der Waals surface area contributed by atoms with Crippen molar-refractivity contribution in [1.29, 1.82) is 0 Å². The maximum Gasteiger partial charge on any atom is 0.335 e. The van der Waals surface area contributed by atoms with Gasteiger partial charge in [-0.1, -0.05) is 36.8 Å². The summed E-state index contributed by atoms with van der Waals surface area (Å²) in [6.07, 6.45) is 6.63. The van der Waals surface area contributed by atoms with Crippen molar-refractivity contribution in [2.45, 2.75) is 38.7 Å². The van der Waals surface area contributed by atoms with Crippen molar-refractivity contribution in [1.82, 2.24) is 14.6 Å². The molecule has 7 nitrogen and oxygen atoms in total. The van der Waals surface area contributed by atoms with Crippen molar-refractivity contribution < 1.29 is 14.6 Å². The third-order valence-corrected chi connectivity index (χ3v) is 7.26. The minimum Gasteiger partial charge on any atom is -0.478 e. The first-order valence-corrected chi connectivity index (χ1v) is 12.6. The molecule has 0 atom stereocenters. The van der Waals surface area contributed by atoms with Gasteiger partial charge in [-0.15, -0.1) is 0 Å². The molecular formula is C26H28N4O3S. The molecule has 0 aliphatic carbocycles. The Kier molecular flexibility index (Phi) is 6.60. The first kappa shape index (κ1) is 22.6. The van der Waals surface area contributed by atoms with E-state index in [1.165, 1.54) is 12.1 Å². The maximum absolute atomic E-state index is 11.1. The van der Waals surface area contributed by atoms with Crippen molar-refractivity contribution in [3.05, 3.63) is 60.3 Å². The number of carbonyl (C=O) groups is 1. The maximum atomic E-state index is 11.1. The van der Waals surface area contributed by atoms with Crippen LogP contribution in [0, 0.1) is 0 Å². The Bertz CT molecular complexity index is 1260. The van der Waals surface area contributed by atoms with E-state index >= 15 is 0 Å². The van der Waals surface area contributed by atoms with Crippen LogP contribution in [0.4, 0.5) is 5.69 Å². The predicted octanol–water partition coefficient (Wildman–Crippen LogP) is 5.61. The largest absolute Gasteiger partial charge is 0.478 e. The van der Waals surface area contributed by atoms with Crippen molar-refractivity contribution in [2.75, 3.05) is 24.6 Å². The lowest BCUT2D eigenvalue weighted by molar-refractivity contribution is 0.0354. The highest BCUT2D eigenvalue weighted by molar-refractivity contribution is 7.19. The average molecular weight is 477 g/mol. The summed E-state index contributed by atoms with van der Waals surface area (Å²) in [5, 5.41) is 14.8. The Labute approximate surface area is 202 Å². The Hall–Kier alpha value is -3.23. The molecule has 1 saturated heterocycles. The van der Waals surface area contributed by atoms with Crippen LogP contribution in [-0.4, -0.2) is 51.5 Å². The van der Waals surface area contributed by atoms with Gasteiger partial charge in [-0.25, -0.2) is 14.3 Å². The molecule has 2 aromatic heterocycles. The molecule has 0 saturated carbocycles. The lowest BCUT2D eigenvalue weighted by atomic mass is 10.1. The van der Waals surface area contributed by atoms with E-state index in [2.05, 4.69) is 41.1 Å². The third-order valence-electron chi connectivity index (χ3n) is 6.29. The number of imidazole rings is 1. The molecule has 2 aromatic carbocycles. The highest BCUT2D eigenvalue weighted by Crippen LogP contribution is 2.31. The monoisotopic (exact) mass is 476 g/mol. The Balaban J connectivity index is 1.28. The number of fused-ring (bicyclic) bond motifs is 1. The van der Waals surface area contributed by atoms with Crippen LogP contribution in [0.1, 0.15) is 43.0 Å². The molecule has 0 radical (unpaired) electrons. The summed E-state index contributed by atoms with van der Waals surface area (Å²) in [5.74, 6) is -0.936. The Morgan fingerprint density at radius 3 is 2.47 bits per heavy atom. The van der Waals surface area contributed by atoms with Crippen molar-refractivity contribution in [3.8, 4) is 21.8 Å². The topological polar surface area (TPSA) is 80.0 Å². The van der Waals surface area contributed by atoms with Gasteiger partial charge in [-0.05, 0) is 55.7 Å². The molecule has 0 spiro atoms. The van der Waals surface area contributed by atoms with E-state index in [4.69, 9.17) is 14.9 Å². The second-order valence-electron chi connectivity index (χ2n) is 8.59. The number of unbranched alkanes of at least 4 members (excludes halogenated alkanes) is 1. The van der Waals surface area contributed by atoms with E-state index in [1.807, 2.05) is 4.52 Å². The minimum atomic E-state index is -0.936. The molecule has 0 amide bonds. The molecule has 0 bridgehead atoms. The first-order chi connectivity index (χ1) is 16.6. The van der Waals surface area contributed by atoms with Crippen LogP contribution in [0.15, 0.2) is 54.7 Å². The Morgan fingerprint density at radius 2 is 1.79 bits per heavy atom. The summed E-state index contributed by atoms with van der Waals surface area (Å²) >= 11 is 1.54. The zero-order valence-electron chi connectivity index (χ0n) is 19.2. The van der Waals surface area contributed by atoms with Gasteiger partial charge in [0, 0.05) is 36.5 Å². The number of piperidine rings is 1. The molecule has 176 valence electrons. The van der Waals surface area contributed by atoms with E-state index < -0.39 is 5.97 Å². The average Bonchev–Trinajstić information content (AvgIpc) is 3.46. The molecule has 3 heterocycles. The predicted molar refractivity (Wildman–Crippen MR) is 135 cm³/mol. The van der Waals surface area contributed by atoms with E-state index in [-0.39, 0.29) is 5.56 Å². The normalized spacial score (nSPS) is 14.7. The van der Waals surface area contributed by atoms with Crippen LogP contribution in [0.5, 0.6) is 0 Å². The Morgan fingerprint density at radius 1 is 1.09 bits per heavy atom. The van der Waals surface area contributed by atoms with Crippen LogP contribution >= 0.6 is 11.3 Å². The molecular weight excluding hydrogens is 448 g/mol. The summed E-state index contributed by atoms with van der Waals surface area (Å²) in [6, 6.07) is 15.4. The number of aromatic nitrogens is 3. The van der Waals surface area contributed by atoms with Crippen LogP contribution in [-0.2, 0) is 4.74 Å². The highest BCUT2D eigenvalue weighted by Gasteiger charge is 2.20. The number of benzene rings is 2. The highest BCUT2D eigenvalue weighted by atomic mass is 32.1. The standard InChI is InChI=1S/C26H28N4O3S/c1-2-3-16-33-22-12-14-29(15-13-22)21-10-8-19(9-11-21)24-28-30-23(17-27-26(30)34-24)18-4-6-20(7-5-18)25(31)32/h4-11,17,22H,2-3,12-16H2,1H3,(H,31,32). The summed E-state index contributed by atoms with van der Waals surface area (Å²) in [6.45, 7) is 5.11. The van der Waals surface area contributed by atoms with Gasteiger partial charge in [0.15, 0.2) is 0 Å².